The summed E-state index contributed by atoms with van der Waals surface area (Å²) in [5.41, 5.74) is 2.74. The van der Waals surface area contributed by atoms with Crippen molar-refractivity contribution in [1.82, 2.24) is 20.6 Å². The van der Waals surface area contributed by atoms with E-state index in [1.807, 2.05) is 6.07 Å². The van der Waals surface area contributed by atoms with E-state index in [-0.39, 0.29) is 11.8 Å². The molecular weight excluding hydrogens is 372 g/mol. The van der Waals surface area contributed by atoms with E-state index in [9.17, 15) is 9.59 Å². The normalized spacial score (nSPS) is 10.5. The van der Waals surface area contributed by atoms with Crippen molar-refractivity contribution >= 4 is 38.8 Å². The van der Waals surface area contributed by atoms with E-state index >= 15 is 0 Å². The number of rotatable bonds is 5. The fourth-order valence-corrected chi connectivity index (χ4v) is 2.66. The molecule has 0 saturated heterocycles. The first-order valence-electron chi connectivity index (χ1n) is 7.38. The number of imidazole rings is 1. The molecule has 2 aromatic carbocycles. The Morgan fingerprint density at radius 1 is 1.00 bits per heavy atom. The van der Waals surface area contributed by atoms with Gasteiger partial charge in [0.25, 0.3) is 11.8 Å². The zero-order valence-corrected chi connectivity index (χ0v) is 14.3. The Morgan fingerprint density at radius 3 is 2.42 bits per heavy atom. The fourth-order valence-electron chi connectivity index (χ4n) is 2.26. The maximum absolute atomic E-state index is 12.1. The minimum absolute atomic E-state index is 0.176. The number of hydrogen-bond donors (Lipinski definition) is 3. The Labute approximate surface area is 146 Å². The summed E-state index contributed by atoms with van der Waals surface area (Å²) in [6.45, 7) is 0.697. The monoisotopic (exact) mass is 386 g/mol. The molecule has 1 aromatic heterocycles. The third-order valence-electron chi connectivity index (χ3n) is 3.47. The van der Waals surface area contributed by atoms with Crippen LogP contribution < -0.4 is 10.6 Å². The van der Waals surface area contributed by atoms with Gasteiger partial charge in [0.2, 0.25) is 0 Å². The second kappa shape index (κ2) is 7.27. The van der Waals surface area contributed by atoms with Crippen molar-refractivity contribution in [2.75, 3.05) is 13.1 Å². The van der Waals surface area contributed by atoms with Gasteiger partial charge >= 0.3 is 0 Å². The molecule has 0 unspecified atom stereocenters. The van der Waals surface area contributed by atoms with Gasteiger partial charge in [-0.25, -0.2) is 4.98 Å². The van der Waals surface area contributed by atoms with Gasteiger partial charge in [0.05, 0.1) is 17.4 Å². The highest BCUT2D eigenvalue weighted by Gasteiger charge is 2.08. The van der Waals surface area contributed by atoms with Crippen molar-refractivity contribution < 1.29 is 9.59 Å². The number of aromatic nitrogens is 2. The Morgan fingerprint density at radius 2 is 1.71 bits per heavy atom. The zero-order valence-electron chi connectivity index (χ0n) is 12.7. The molecule has 0 saturated carbocycles. The molecule has 0 fully saturated rings. The number of nitrogens with zero attached hydrogens (tertiary/aromatic N) is 1. The number of H-pyrrole nitrogens is 1. The van der Waals surface area contributed by atoms with Gasteiger partial charge in [0.1, 0.15) is 0 Å². The first-order chi connectivity index (χ1) is 11.6. The van der Waals surface area contributed by atoms with Crippen LogP contribution in [0.15, 0.2) is 53.3 Å². The number of carbonyl (C=O) groups is 2. The van der Waals surface area contributed by atoms with Crippen LogP contribution in [-0.4, -0.2) is 34.9 Å². The Bertz CT molecular complexity index is 891. The molecular formula is C17H15BrN4O2. The van der Waals surface area contributed by atoms with E-state index in [0.29, 0.717) is 24.2 Å². The summed E-state index contributed by atoms with van der Waals surface area (Å²) in [7, 11) is 0. The molecule has 0 bridgehead atoms. The molecule has 0 atom stereocenters. The molecule has 3 rings (SSSR count). The minimum atomic E-state index is -0.191. The quantitative estimate of drug-likeness (QED) is 0.588. The fraction of sp³-hybridized carbons (Fsp3) is 0.118. The van der Waals surface area contributed by atoms with Crippen LogP contribution in [0.2, 0.25) is 0 Å². The minimum Gasteiger partial charge on any atom is -0.350 e. The van der Waals surface area contributed by atoms with Crippen molar-refractivity contribution in [2.24, 2.45) is 0 Å². The standard InChI is InChI=1S/C17H15BrN4O2/c18-13-3-1-2-11(8-13)16(23)19-6-7-20-17(24)12-4-5-14-15(9-12)22-10-21-14/h1-5,8-10H,6-7H2,(H,19,23)(H,20,24)(H,21,22). The first kappa shape index (κ1) is 16.2. The molecule has 6 nitrogen and oxygen atoms in total. The number of fused-ring (bicyclic) bond motifs is 1. The molecule has 0 aliphatic carbocycles. The predicted molar refractivity (Wildman–Crippen MR) is 94.9 cm³/mol. The summed E-state index contributed by atoms with van der Waals surface area (Å²) < 4.78 is 0.845. The molecule has 7 heteroatoms. The number of carbonyl (C=O) groups excluding carboxylic acids is 2. The van der Waals surface area contributed by atoms with E-state index in [1.54, 1.807) is 42.7 Å². The maximum atomic E-state index is 12.1. The van der Waals surface area contributed by atoms with Gasteiger partial charge in [-0.15, -0.1) is 0 Å². The maximum Gasteiger partial charge on any atom is 0.251 e. The third-order valence-corrected chi connectivity index (χ3v) is 3.96. The lowest BCUT2D eigenvalue weighted by Gasteiger charge is -2.07. The van der Waals surface area contributed by atoms with Gasteiger partial charge in [-0.1, -0.05) is 22.0 Å². The van der Waals surface area contributed by atoms with E-state index in [4.69, 9.17) is 0 Å². The second-order valence-corrected chi connectivity index (χ2v) is 6.07. The SMILES string of the molecule is O=C(NCCNC(=O)c1ccc2nc[nH]c2c1)c1cccc(Br)c1. The lowest BCUT2D eigenvalue weighted by molar-refractivity contribution is 0.0927. The van der Waals surface area contributed by atoms with E-state index in [0.717, 1.165) is 15.5 Å². The molecule has 0 aliphatic rings. The van der Waals surface area contributed by atoms with Crippen molar-refractivity contribution in [2.45, 2.75) is 0 Å². The van der Waals surface area contributed by atoms with Crippen LogP contribution in [0.5, 0.6) is 0 Å². The molecule has 0 radical (unpaired) electrons. The first-order valence-corrected chi connectivity index (χ1v) is 8.18. The van der Waals surface area contributed by atoms with Crippen molar-refractivity contribution in [3.8, 4) is 0 Å². The smallest absolute Gasteiger partial charge is 0.251 e. The zero-order chi connectivity index (χ0) is 16.9. The number of benzene rings is 2. The molecule has 24 heavy (non-hydrogen) atoms. The Hall–Kier alpha value is -2.67. The van der Waals surface area contributed by atoms with Crippen molar-refractivity contribution in [3.63, 3.8) is 0 Å². The molecule has 3 aromatic rings. The van der Waals surface area contributed by atoms with Crippen LogP contribution in [0, 0.1) is 0 Å². The summed E-state index contributed by atoms with van der Waals surface area (Å²) in [5.74, 6) is -0.368. The summed E-state index contributed by atoms with van der Waals surface area (Å²) in [6, 6.07) is 12.4. The van der Waals surface area contributed by atoms with E-state index < -0.39 is 0 Å². The number of halogens is 1. The summed E-state index contributed by atoms with van der Waals surface area (Å²) in [4.78, 5) is 31.2. The molecule has 0 aliphatic heterocycles. The number of aromatic amines is 1. The van der Waals surface area contributed by atoms with Gasteiger partial charge in [-0.2, -0.15) is 0 Å². The summed E-state index contributed by atoms with van der Waals surface area (Å²) in [6.07, 6.45) is 1.59. The summed E-state index contributed by atoms with van der Waals surface area (Å²) >= 11 is 3.33. The Balaban J connectivity index is 1.49. The number of hydrogen-bond acceptors (Lipinski definition) is 3. The lowest BCUT2D eigenvalue weighted by atomic mass is 10.2. The Kier molecular flexibility index (Phi) is 4.90. The largest absolute Gasteiger partial charge is 0.350 e. The highest BCUT2D eigenvalue weighted by molar-refractivity contribution is 9.10. The predicted octanol–water partition coefficient (Wildman–Crippen LogP) is 2.49. The highest BCUT2D eigenvalue weighted by Crippen LogP contribution is 2.12. The molecule has 1 heterocycles. The van der Waals surface area contributed by atoms with Crippen LogP contribution in [0.25, 0.3) is 11.0 Å². The van der Waals surface area contributed by atoms with Crippen LogP contribution in [0.4, 0.5) is 0 Å². The van der Waals surface area contributed by atoms with Crippen LogP contribution in [0.1, 0.15) is 20.7 Å². The average Bonchev–Trinajstić information content (AvgIpc) is 3.06. The van der Waals surface area contributed by atoms with Crippen molar-refractivity contribution in [1.29, 1.82) is 0 Å². The molecule has 122 valence electrons. The average molecular weight is 387 g/mol. The topological polar surface area (TPSA) is 86.9 Å². The van der Waals surface area contributed by atoms with Crippen LogP contribution in [-0.2, 0) is 0 Å². The number of nitrogens with one attached hydrogen (secondary N) is 3. The van der Waals surface area contributed by atoms with Gasteiger partial charge in [0, 0.05) is 28.7 Å². The van der Waals surface area contributed by atoms with Gasteiger partial charge < -0.3 is 15.6 Å². The van der Waals surface area contributed by atoms with Crippen LogP contribution >= 0.6 is 15.9 Å². The highest BCUT2D eigenvalue weighted by atomic mass is 79.9. The molecule has 0 spiro atoms. The van der Waals surface area contributed by atoms with Gasteiger partial charge in [-0.3, -0.25) is 9.59 Å². The van der Waals surface area contributed by atoms with Crippen molar-refractivity contribution in [3.05, 3.63) is 64.4 Å². The number of amides is 2. The molecule has 2 amide bonds. The van der Waals surface area contributed by atoms with Gasteiger partial charge in [0.15, 0.2) is 0 Å². The van der Waals surface area contributed by atoms with Crippen LogP contribution in [0.3, 0.4) is 0 Å². The summed E-state index contributed by atoms with van der Waals surface area (Å²) in [5, 5.41) is 5.54. The second-order valence-electron chi connectivity index (χ2n) is 5.16. The molecule has 3 N–H and O–H groups in total. The van der Waals surface area contributed by atoms with Gasteiger partial charge in [-0.05, 0) is 36.4 Å². The van der Waals surface area contributed by atoms with E-state index in [1.165, 1.54) is 0 Å². The third kappa shape index (κ3) is 3.80. The van der Waals surface area contributed by atoms with E-state index in [2.05, 4.69) is 36.5 Å². The lowest BCUT2D eigenvalue weighted by Crippen LogP contribution is -2.34.